The van der Waals surface area contributed by atoms with Crippen molar-refractivity contribution < 1.29 is 4.79 Å². The van der Waals surface area contributed by atoms with E-state index >= 15 is 0 Å². The number of anilines is 1. The molecule has 3 aromatic rings. The topological polar surface area (TPSA) is 72.7 Å². The summed E-state index contributed by atoms with van der Waals surface area (Å²) in [6.45, 7) is 2.96. The fraction of sp³-hybridized carbons (Fsp3) is 0.400. The first-order chi connectivity index (χ1) is 14.2. The van der Waals surface area contributed by atoms with Crippen molar-refractivity contribution in [3.63, 3.8) is 0 Å². The Labute approximate surface area is 183 Å². The van der Waals surface area contributed by atoms with Gasteiger partial charge in [0.2, 0.25) is 5.91 Å². The molecule has 0 radical (unpaired) electrons. The molecule has 4 rings (SSSR count). The summed E-state index contributed by atoms with van der Waals surface area (Å²) < 4.78 is 2.14. The highest BCUT2D eigenvalue weighted by Gasteiger charge is 2.22. The minimum Gasteiger partial charge on any atom is -0.323 e. The second kappa shape index (κ2) is 9.28. The number of carbonyl (C=O) groups is 1. The van der Waals surface area contributed by atoms with Crippen molar-refractivity contribution >= 4 is 46.3 Å². The van der Waals surface area contributed by atoms with Crippen molar-refractivity contribution in [1.29, 1.82) is 0 Å². The molecular weight excluding hydrogens is 426 g/mol. The number of amides is 1. The molecule has 29 heavy (non-hydrogen) atoms. The van der Waals surface area contributed by atoms with E-state index in [1.807, 2.05) is 11.3 Å². The van der Waals surface area contributed by atoms with Crippen LogP contribution in [0.4, 0.5) is 5.69 Å². The largest absolute Gasteiger partial charge is 0.323 e. The fourth-order valence-electron chi connectivity index (χ4n) is 3.50. The van der Waals surface area contributed by atoms with E-state index in [0.29, 0.717) is 5.69 Å². The predicted octanol–water partition coefficient (Wildman–Crippen LogP) is 5.07. The molecule has 0 saturated carbocycles. The minimum absolute atomic E-state index is 0.148. The Kier molecular flexibility index (Phi) is 6.52. The molecule has 0 bridgehead atoms. The standard InChI is InChI=1S/C20H22ClN5OS2/c1-2-10-26-19(14-11-28-16-8-4-3-6-13(14)16)24-25-20(26)29-12-17(27)23-15-7-5-9-22-18(15)21/h5,7,9,11H,2-4,6,8,10,12H2,1H3,(H,23,27). The number of halogens is 1. The Morgan fingerprint density at radius 2 is 2.21 bits per heavy atom. The number of nitrogens with one attached hydrogen (secondary N) is 1. The zero-order valence-electron chi connectivity index (χ0n) is 16.2. The highest BCUT2D eigenvalue weighted by molar-refractivity contribution is 7.99. The fourth-order valence-corrected chi connectivity index (χ4v) is 5.55. The van der Waals surface area contributed by atoms with Crippen molar-refractivity contribution in [1.82, 2.24) is 19.7 Å². The number of hydrogen-bond donors (Lipinski definition) is 1. The van der Waals surface area contributed by atoms with Gasteiger partial charge in [-0.2, -0.15) is 0 Å². The molecule has 0 spiro atoms. The number of fused-ring (bicyclic) bond motifs is 1. The van der Waals surface area contributed by atoms with Crippen LogP contribution in [0.25, 0.3) is 11.4 Å². The van der Waals surface area contributed by atoms with Gasteiger partial charge in [0.15, 0.2) is 16.1 Å². The summed E-state index contributed by atoms with van der Waals surface area (Å²) in [6, 6.07) is 3.47. The summed E-state index contributed by atoms with van der Waals surface area (Å²) in [7, 11) is 0. The maximum atomic E-state index is 12.4. The summed E-state index contributed by atoms with van der Waals surface area (Å²) in [5.41, 5.74) is 3.16. The highest BCUT2D eigenvalue weighted by Crippen LogP contribution is 2.37. The smallest absolute Gasteiger partial charge is 0.234 e. The van der Waals surface area contributed by atoms with Crippen LogP contribution in [0.3, 0.4) is 0 Å². The normalized spacial score (nSPS) is 13.3. The second-order valence-corrected chi connectivity index (χ2v) is 9.16. The van der Waals surface area contributed by atoms with Gasteiger partial charge < -0.3 is 9.88 Å². The summed E-state index contributed by atoms with van der Waals surface area (Å²) in [5, 5.41) is 15.0. The van der Waals surface area contributed by atoms with Gasteiger partial charge in [0, 0.05) is 28.6 Å². The molecular formula is C20H22ClN5OS2. The van der Waals surface area contributed by atoms with E-state index < -0.39 is 0 Å². The Morgan fingerprint density at radius 3 is 3.03 bits per heavy atom. The van der Waals surface area contributed by atoms with E-state index in [1.54, 1.807) is 18.3 Å². The van der Waals surface area contributed by atoms with Crippen molar-refractivity contribution in [3.05, 3.63) is 39.3 Å². The first-order valence-corrected chi connectivity index (χ1v) is 12.0. The quantitative estimate of drug-likeness (QED) is 0.404. The van der Waals surface area contributed by atoms with Gasteiger partial charge in [-0.25, -0.2) is 4.98 Å². The van der Waals surface area contributed by atoms with Crippen LogP contribution in [0.5, 0.6) is 0 Å². The molecule has 1 amide bonds. The van der Waals surface area contributed by atoms with Crippen molar-refractivity contribution in [3.8, 4) is 11.4 Å². The molecule has 1 aliphatic carbocycles. The number of pyridine rings is 1. The number of rotatable bonds is 7. The summed E-state index contributed by atoms with van der Waals surface area (Å²) in [4.78, 5) is 17.8. The van der Waals surface area contributed by atoms with Crippen LogP contribution in [0.1, 0.15) is 36.6 Å². The molecule has 152 valence electrons. The molecule has 0 unspecified atom stereocenters. The van der Waals surface area contributed by atoms with Crippen LogP contribution >= 0.6 is 34.7 Å². The number of nitrogens with zero attached hydrogens (tertiary/aromatic N) is 4. The van der Waals surface area contributed by atoms with Gasteiger partial charge in [0.05, 0.1) is 11.4 Å². The van der Waals surface area contributed by atoms with Gasteiger partial charge >= 0.3 is 0 Å². The first kappa shape index (κ1) is 20.4. The van der Waals surface area contributed by atoms with Gasteiger partial charge in [0.25, 0.3) is 0 Å². The van der Waals surface area contributed by atoms with Gasteiger partial charge in [-0.1, -0.05) is 30.3 Å². The van der Waals surface area contributed by atoms with Crippen molar-refractivity contribution in [2.24, 2.45) is 0 Å². The van der Waals surface area contributed by atoms with Crippen molar-refractivity contribution in [2.45, 2.75) is 50.7 Å². The van der Waals surface area contributed by atoms with Crippen LogP contribution in [-0.2, 0) is 24.2 Å². The Bertz CT molecular complexity index is 1020. The van der Waals surface area contributed by atoms with E-state index in [4.69, 9.17) is 11.6 Å². The SMILES string of the molecule is CCCn1c(SCC(=O)Nc2cccnc2Cl)nnc1-c1csc2c1CCCC2. The molecule has 6 nitrogen and oxygen atoms in total. The molecule has 1 aliphatic rings. The Balaban J connectivity index is 1.50. The monoisotopic (exact) mass is 447 g/mol. The lowest BCUT2D eigenvalue weighted by Gasteiger charge is -2.13. The number of hydrogen-bond acceptors (Lipinski definition) is 6. The molecule has 0 atom stereocenters. The number of aryl methyl sites for hydroxylation is 1. The third-order valence-electron chi connectivity index (χ3n) is 4.83. The third-order valence-corrected chi connectivity index (χ3v) is 7.19. The average Bonchev–Trinajstić information content (AvgIpc) is 3.32. The minimum atomic E-state index is -0.148. The maximum absolute atomic E-state index is 12.4. The van der Waals surface area contributed by atoms with Gasteiger partial charge in [-0.05, 0) is 49.8 Å². The first-order valence-electron chi connectivity index (χ1n) is 9.73. The molecule has 0 aromatic carbocycles. The Hall–Kier alpha value is -1.90. The van der Waals surface area contributed by atoms with Crippen LogP contribution in [-0.4, -0.2) is 31.4 Å². The van der Waals surface area contributed by atoms with Gasteiger partial charge in [-0.3, -0.25) is 4.79 Å². The van der Waals surface area contributed by atoms with Gasteiger partial charge in [0.1, 0.15) is 0 Å². The number of thioether (sulfide) groups is 1. The summed E-state index contributed by atoms with van der Waals surface area (Å²) in [6.07, 6.45) is 7.35. The predicted molar refractivity (Wildman–Crippen MR) is 119 cm³/mol. The van der Waals surface area contributed by atoms with Crippen molar-refractivity contribution in [2.75, 3.05) is 11.1 Å². The molecule has 3 heterocycles. The van der Waals surface area contributed by atoms with Crippen LogP contribution in [0.15, 0.2) is 28.9 Å². The zero-order valence-corrected chi connectivity index (χ0v) is 18.5. The van der Waals surface area contributed by atoms with E-state index in [-0.39, 0.29) is 16.8 Å². The van der Waals surface area contributed by atoms with Crippen LogP contribution < -0.4 is 5.32 Å². The Morgan fingerprint density at radius 1 is 1.34 bits per heavy atom. The van der Waals surface area contributed by atoms with E-state index in [0.717, 1.165) is 30.4 Å². The molecule has 3 aromatic heterocycles. The average molecular weight is 448 g/mol. The van der Waals surface area contributed by atoms with Crippen LogP contribution in [0.2, 0.25) is 5.15 Å². The number of aromatic nitrogens is 4. The molecule has 0 fully saturated rings. The molecule has 0 aliphatic heterocycles. The molecule has 0 saturated heterocycles. The van der Waals surface area contributed by atoms with Gasteiger partial charge in [-0.15, -0.1) is 21.5 Å². The summed E-state index contributed by atoms with van der Waals surface area (Å²) >= 11 is 9.24. The lowest BCUT2D eigenvalue weighted by molar-refractivity contribution is -0.113. The lowest BCUT2D eigenvalue weighted by atomic mass is 9.95. The highest BCUT2D eigenvalue weighted by atomic mass is 35.5. The van der Waals surface area contributed by atoms with E-state index in [9.17, 15) is 4.79 Å². The van der Waals surface area contributed by atoms with Crippen LogP contribution in [0, 0.1) is 0 Å². The molecule has 9 heteroatoms. The maximum Gasteiger partial charge on any atom is 0.234 e. The lowest BCUT2D eigenvalue weighted by Crippen LogP contribution is -2.15. The number of carbonyl (C=O) groups excluding carboxylic acids is 1. The molecule has 1 N–H and O–H groups in total. The third kappa shape index (κ3) is 4.49. The van der Waals surface area contributed by atoms with E-state index in [2.05, 4.69) is 37.4 Å². The summed E-state index contributed by atoms with van der Waals surface area (Å²) in [5.74, 6) is 1.00. The van der Waals surface area contributed by atoms with E-state index in [1.165, 1.54) is 47.0 Å². The zero-order chi connectivity index (χ0) is 20.2. The number of thiophene rings is 1. The second-order valence-electron chi connectivity index (χ2n) is 6.89.